The van der Waals surface area contributed by atoms with Crippen molar-refractivity contribution in [2.24, 2.45) is 11.7 Å². The molecule has 1 saturated heterocycles. The Bertz CT molecular complexity index is 462. The van der Waals surface area contributed by atoms with Crippen LogP contribution in [-0.4, -0.2) is 37.0 Å². The fourth-order valence-corrected chi connectivity index (χ4v) is 2.87. The number of halogens is 1. The molecule has 2 rings (SSSR count). The Hall–Kier alpha value is -1.26. The smallest absolute Gasteiger partial charge is 0.222 e. The number of nitrogens with two attached hydrogens (primary N) is 1. The Balaban J connectivity index is 0.00000242. The molecule has 1 amide bonds. The van der Waals surface area contributed by atoms with Crippen molar-refractivity contribution in [3.63, 3.8) is 0 Å². The third-order valence-electron chi connectivity index (χ3n) is 4.34. The van der Waals surface area contributed by atoms with Crippen molar-refractivity contribution in [3.8, 4) is 5.75 Å². The van der Waals surface area contributed by atoms with Crippen LogP contribution in [0.1, 0.15) is 31.7 Å². The summed E-state index contributed by atoms with van der Waals surface area (Å²) in [4.78, 5) is 14.3. The van der Waals surface area contributed by atoms with Crippen molar-refractivity contribution in [1.29, 1.82) is 0 Å². The number of carbonyl (C=O) groups is 1. The molecular formula is C17H27ClN2O2. The van der Waals surface area contributed by atoms with Crippen LogP contribution in [0.15, 0.2) is 24.3 Å². The summed E-state index contributed by atoms with van der Waals surface area (Å²) in [5.41, 5.74) is 7.14. The Morgan fingerprint density at radius 3 is 2.68 bits per heavy atom. The van der Waals surface area contributed by atoms with E-state index in [0.717, 1.165) is 38.1 Å². The molecule has 0 saturated carbocycles. The van der Waals surface area contributed by atoms with E-state index in [1.165, 1.54) is 5.56 Å². The predicted molar refractivity (Wildman–Crippen MR) is 91.5 cm³/mol. The van der Waals surface area contributed by atoms with Crippen LogP contribution in [0, 0.1) is 5.92 Å². The molecule has 2 unspecified atom stereocenters. The molecule has 4 nitrogen and oxygen atoms in total. The van der Waals surface area contributed by atoms with Gasteiger partial charge >= 0.3 is 0 Å². The quantitative estimate of drug-likeness (QED) is 0.905. The van der Waals surface area contributed by atoms with Gasteiger partial charge < -0.3 is 15.4 Å². The van der Waals surface area contributed by atoms with Gasteiger partial charge in [0.2, 0.25) is 5.91 Å². The van der Waals surface area contributed by atoms with Crippen LogP contribution < -0.4 is 10.5 Å². The Kier molecular flexibility index (Phi) is 7.69. The van der Waals surface area contributed by atoms with Gasteiger partial charge in [0.1, 0.15) is 5.75 Å². The molecule has 124 valence electrons. The number of carbonyl (C=O) groups excluding carboxylic acids is 1. The van der Waals surface area contributed by atoms with Crippen LogP contribution >= 0.6 is 12.4 Å². The minimum absolute atomic E-state index is 0. The Morgan fingerprint density at radius 1 is 1.41 bits per heavy atom. The first-order valence-corrected chi connectivity index (χ1v) is 7.76. The fraction of sp³-hybridized carbons (Fsp3) is 0.588. The van der Waals surface area contributed by atoms with Gasteiger partial charge in [0.25, 0.3) is 0 Å². The average Bonchev–Trinajstić information content (AvgIpc) is 2.53. The van der Waals surface area contributed by atoms with E-state index in [-0.39, 0.29) is 24.4 Å². The molecule has 1 aliphatic heterocycles. The highest BCUT2D eigenvalue weighted by Gasteiger charge is 2.25. The molecule has 0 radical (unpaired) electrons. The molecule has 1 fully saturated rings. The molecule has 1 aromatic rings. The summed E-state index contributed by atoms with van der Waals surface area (Å²) in [7, 11) is 1.66. The lowest BCUT2D eigenvalue weighted by Gasteiger charge is -2.34. The molecule has 0 spiro atoms. The number of hydrogen-bond donors (Lipinski definition) is 1. The number of nitrogens with zero attached hydrogens (tertiary/aromatic N) is 1. The van der Waals surface area contributed by atoms with E-state index < -0.39 is 0 Å². The third kappa shape index (κ3) is 5.18. The highest BCUT2D eigenvalue weighted by Crippen LogP contribution is 2.20. The van der Waals surface area contributed by atoms with Crippen LogP contribution in [0.3, 0.4) is 0 Å². The topological polar surface area (TPSA) is 55.6 Å². The van der Waals surface area contributed by atoms with Crippen LogP contribution in [0.2, 0.25) is 0 Å². The molecular weight excluding hydrogens is 300 g/mol. The minimum Gasteiger partial charge on any atom is -0.497 e. The van der Waals surface area contributed by atoms with Crippen LogP contribution in [-0.2, 0) is 11.2 Å². The number of benzene rings is 1. The van der Waals surface area contributed by atoms with Gasteiger partial charge in [-0.15, -0.1) is 12.4 Å². The summed E-state index contributed by atoms with van der Waals surface area (Å²) >= 11 is 0. The predicted octanol–water partition coefficient (Wildman–Crippen LogP) is 2.64. The zero-order valence-corrected chi connectivity index (χ0v) is 14.3. The van der Waals surface area contributed by atoms with Gasteiger partial charge in [-0.1, -0.05) is 12.1 Å². The maximum Gasteiger partial charge on any atom is 0.222 e. The average molecular weight is 327 g/mol. The van der Waals surface area contributed by atoms with E-state index in [1.807, 2.05) is 36.1 Å². The first kappa shape index (κ1) is 18.8. The minimum atomic E-state index is 0. The lowest BCUT2D eigenvalue weighted by Crippen LogP contribution is -2.45. The number of aryl methyl sites for hydroxylation is 1. The van der Waals surface area contributed by atoms with E-state index in [9.17, 15) is 4.79 Å². The third-order valence-corrected chi connectivity index (χ3v) is 4.34. The molecule has 0 aromatic heterocycles. The largest absolute Gasteiger partial charge is 0.497 e. The van der Waals surface area contributed by atoms with Gasteiger partial charge in [0.05, 0.1) is 7.11 Å². The molecule has 1 aliphatic rings. The number of likely N-dealkylation sites (tertiary alicyclic amines) is 1. The number of piperidine rings is 1. The van der Waals surface area contributed by atoms with E-state index in [1.54, 1.807) is 7.11 Å². The summed E-state index contributed by atoms with van der Waals surface area (Å²) in [5.74, 6) is 1.54. The zero-order chi connectivity index (χ0) is 15.2. The lowest BCUT2D eigenvalue weighted by atomic mass is 9.92. The van der Waals surface area contributed by atoms with Gasteiger partial charge in [-0.3, -0.25) is 4.79 Å². The molecule has 1 aromatic carbocycles. The highest BCUT2D eigenvalue weighted by atomic mass is 35.5. The summed E-state index contributed by atoms with van der Waals surface area (Å²) in [6.45, 7) is 3.74. The van der Waals surface area contributed by atoms with Crippen molar-refractivity contribution in [1.82, 2.24) is 4.90 Å². The monoisotopic (exact) mass is 326 g/mol. The lowest BCUT2D eigenvalue weighted by molar-refractivity contribution is -0.133. The van der Waals surface area contributed by atoms with E-state index in [4.69, 9.17) is 10.5 Å². The van der Waals surface area contributed by atoms with E-state index in [0.29, 0.717) is 12.3 Å². The second kappa shape index (κ2) is 9.01. The van der Waals surface area contributed by atoms with Crippen molar-refractivity contribution in [2.45, 2.75) is 38.6 Å². The normalized spacial score (nSPS) is 19.2. The summed E-state index contributed by atoms with van der Waals surface area (Å²) in [5, 5.41) is 0. The highest BCUT2D eigenvalue weighted by molar-refractivity contribution is 5.85. The fourth-order valence-electron chi connectivity index (χ4n) is 2.87. The van der Waals surface area contributed by atoms with E-state index >= 15 is 0 Å². The Labute approximate surface area is 139 Å². The van der Waals surface area contributed by atoms with Gasteiger partial charge in [0.15, 0.2) is 0 Å². The second-order valence-corrected chi connectivity index (χ2v) is 5.95. The molecule has 1 heterocycles. The second-order valence-electron chi connectivity index (χ2n) is 5.95. The number of hydrogen-bond acceptors (Lipinski definition) is 3. The summed E-state index contributed by atoms with van der Waals surface area (Å²) in [6, 6.07) is 8.09. The molecule has 0 aliphatic carbocycles. The standard InChI is InChI=1S/C17H26N2O2.ClH/c1-13(18)15-4-3-11-19(12-15)17(20)10-7-14-5-8-16(21-2)9-6-14;/h5-6,8-9,13,15H,3-4,7,10-12,18H2,1-2H3;1H. The molecule has 2 N–H and O–H groups in total. The maximum atomic E-state index is 12.3. The summed E-state index contributed by atoms with van der Waals surface area (Å²) < 4.78 is 5.14. The van der Waals surface area contributed by atoms with Crippen molar-refractivity contribution in [2.75, 3.05) is 20.2 Å². The maximum absolute atomic E-state index is 12.3. The van der Waals surface area contributed by atoms with Gasteiger partial charge in [-0.2, -0.15) is 0 Å². The summed E-state index contributed by atoms with van der Waals surface area (Å²) in [6.07, 6.45) is 3.56. The molecule has 0 bridgehead atoms. The van der Waals surface area contributed by atoms with Gasteiger partial charge in [-0.25, -0.2) is 0 Å². The Morgan fingerprint density at radius 2 is 2.09 bits per heavy atom. The van der Waals surface area contributed by atoms with Crippen molar-refractivity contribution < 1.29 is 9.53 Å². The number of ether oxygens (including phenoxy) is 1. The first-order chi connectivity index (χ1) is 10.1. The molecule has 22 heavy (non-hydrogen) atoms. The van der Waals surface area contributed by atoms with Crippen LogP contribution in [0.25, 0.3) is 0 Å². The number of methoxy groups -OCH3 is 1. The van der Waals surface area contributed by atoms with Gasteiger partial charge in [0, 0.05) is 25.6 Å². The SMILES string of the molecule is COc1ccc(CCC(=O)N2CCCC(C(C)N)C2)cc1.Cl. The van der Waals surface area contributed by atoms with Crippen LogP contribution in [0.4, 0.5) is 0 Å². The van der Waals surface area contributed by atoms with Gasteiger partial charge in [-0.05, 0) is 49.8 Å². The van der Waals surface area contributed by atoms with Crippen molar-refractivity contribution in [3.05, 3.63) is 29.8 Å². The molecule has 5 heteroatoms. The van der Waals surface area contributed by atoms with Crippen molar-refractivity contribution >= 4 is 18.3 Å². The number of rotatable bonds is 5. The first-order valence-electron chi connectivity index (χ1n) is 7.76. The molecule has 2 atom stereocenters. The zero-order valence-electron chi connectivity index (χ0n) is 13.5. The van der Waals surface area contributed by atoms with Crippen LogP contribution in [0.5, 0.6) is 5.75 Å². The van der Waals surface area contributed by atoms with E-state index in [2.05, 4.69) is 0 Å². The number of amides is 1.